The van der Waals surface area contributed by atoms with Gasteiger partial charge in [0.25, 0.3) is 5.56 Å². The molecule has 2 heterocycles. The van der Waals surface area contributed by atoms with Crippen LogP contribution >= 0.6 is 0 Å². The van der Waals surface area contributed by atoms with E-state index in [1.807, 2.05) is 0 Å². The summed E-state index contributed by atoms with van der Waals surface area (Å²) >= 11 is 0. The van der Waals surface area contributed by atoms with Crippen LogP contribution in [0.1, 0.15) is 16.1 Å². The van der Waals surface area contributed by atoms with Gasteiger partial charge in [-0.05, 0) is 36.4 Å². The first-order chi connectivity index (χ1) is 12.6. The summed E-state index contributed by atoms with van der Waals surface area (Å²) in [6.07, 6.45) is -4.74. The van der Waals surface area contributed by atoms with Crippen molar-refractivity contribution in [2.75, 3.05) is 0 Å². The third-order valence-corrected chi connectivity index (χ3v) is 3.94. The molecule has 3 aromatic rings. The van der Waals surface area contributed by atoms with Crippen LogP contribution in [-0.2, 0) is 19.8 Å². The number of carbonyl (C=O) groups excluding carboxylic acids is 1. The Balaban J connectivity index is 2.12. The fourth-order valence-corrected chi connectivity index (χ4v) is 2.54. The van der Waals surface area contributed by atoms with Crippen molar-refractivity contribution in [3.63, 3.8) is 0 Å². The van der Waals surface area contributed by atoms with Crippen LogP contribution in [0.25, 0.3) is 11.0 Å². The molecule has 10 heteroatoms. The number of benzene rings is 1. The molecule has 0 unspecified atom stereocenters. The molecular formula is C17H11F4N3O3. The summed E-state index contributed by atoms with van der Waals surface area (Å²) in [5.41, 5.74) is -3.54. The average Bonchev–Trinajstić information content (AvgIpc) is 2.62. The van der Waals surface area contributed by atoms with E-state index in [0.717, 1.165) is 29.8 Å². The van der Waals surface area contributed by atoms with Crippen LogP contribution in [0.15, 0.2) is 46.0 Å². The number of carbonyl (C=O) groups is 1. The van der Waals surface area contributed by atoms with E-state index in [4.69, 9.17) is 0 Å². The maximum absolute atomic E-state index is 12.9. The van der Waals surface area contributed by atoms with Gasteiger partial charge in [0, 0.05) is 12.6 Å². The summed E-state index contributed by atoms with van der Waals surface area (Å²) < 4.78 is 52.7. The lowest BCUT2D eigenvalue weighted by atomic mass is 10.1. The van der Waals surface area contributed by atoms with Gasteiger partial charge in [0.2, 0.25) is 0 Å². The SMILES string of the molecule is Cn1c(=O)n(CC(=O)c2ccc(F)cc2)c(=O)c2ccc(C(F)(F)F)nc21. The molecule has 0 radical (unpaired) electrons. The monoisotopic (exact) mass is 381 g/mol. The Kier molecular flexibility index (Phi) is 4.42. The van der Waals surface area contributed by atoms with Crippen LogP contribution in [0, 0.1) is 5.82 Å². The van der Waals surface area contributed by atoms with Gasteiger partial charge in [-0.2, -0.15) is 13.2 Å². The van der Waals surface area contributed by atoms with Crippen molar-refractivity contribution in [2.45, 2.75) is 12.7 Å². The Labute approximate surface area is 148 Å². The molecule has 1 aromatic carbocycles. The second-order valence-corrected chi connectivity index (χ2v) is 5.73. The number of aryl methyl sites for hydroxylation is 1. The van der Waals surface area contributed by atoms with E-state index in [2.05, 4.69) is 4.98 Å². The zero-order valence-corrected chi connectivity index (χ0v) is 13.7. The van der Waals surface area contributed by atoms with Gasteiger partial charge in [-0.15, -0.1) is 0 Å². The number of aromatic nitrogens is 3. The maximum atomic E-state index is 12.9. The molecule has 0 fully saturated rings. The number of alkyl halides is 3. The molecule has 27 heavy (non-hydrogen) atoms. The quantitative estimate of drug-likeness (QED) is 0.515. The summed E-state index contributed by atoms with van der Waals surface area (Å²) in [5.74, 6) is -1.19. The Morgan fingerprint density at radius 2 is 1.70 bits per heavy atom. The van der Waals surface area contributed by atoms with E-state index in [-0.39, 0.29) is 10.9 Å². The van der Waals surface area contributed by atoms with Crippen LogP contribution in [0.5, 0.6) is 0 Å². The second-order valence-electron chi connectivity index (χ2n) is 5.73. The number of ketones is 1. The molecule has 0 N–H and O–H groups in total. The van der Waals surface area contributed by atoms with Crippen LogP contribution in [0.4, 0.5) is 17.6 Å². The highest BCUT2D eigenvalue weighted by atomic mass is 19.4. The molecule has 0 aliphatic rings. The smallest absolute Gasteiger partial charge is 0.292 e. The fraction of sp³-hybridized carbons (Fsp3) is 0.176. The molecule has 2 aromatic heterocycles. The van der Waals surface area contributed by atoms with Gasteiger partial charge >= 0.3 is 11.9 Å². The molecule has 0 saturated carbocycles. The highest BCUT2D eigenvalue weighted by molar-refractivity contribution is 5.96. The molecule has 0 saturated heterocycles. The molecule has 0 aliphatic carbocycles. The second kappa shape index (κ2) is 6.45. The average molecular weight is 381 g/mol. The van der Waals surface area contributed by atoms with Crippen molar-refractivity contribution in [1.82, 2.24) is 14.1 Å². The van der Waals surface area contributed by atoms with E-state index in [1.54, 1.807) is 0 Å². The molecule has 3 rings (SSSR count). The topological polar surface area (TPSA) is 74.0 Å². The number of fused-ring (bicyclic) bond motifs is 1. The van der Waals surface area contributed by atoms with Crippen molar-refractivity contribution >= 4 is 16.8 Å². The van der Waals surface area contributed by atoms with E-state index in [9.17, 15) is 31.9 Å². The standard InChI is InChI=1S/C17H11F4N3O3/c1-23-14-11(6-7-13(22-14)17(19,20)21)15(26)24(16(23)27)8-12(25)9-2-4-10(18)5-3-9/h2-7H,8H2,1H3. The molecule has 140 valence electrons. The maximum Gasteiger partial charge on any atom is 0.433 e. The number of hydrogen-bond donors (Lipinski definition) is 0. The van der Waals surface area contributed by atoms with E-state index in [0.29, 0.717) is 10.6 Å². The number of pyridine rings is 1. The number of rotatable bonds is 3. The van der Waals surface area contributed by atoms with E-state index >= 15 is 0 Å². The normalized spacial score (nSPS) is 11.7. The van der Waals surface area contributed by atoms with Crippen molar-refractivity contribution in [1.29, 1.82) is 0 Å². The zero-order chi connectivity index (χ0) is 19.9. The van der Waals surface area contributed by atoms with Gasteiger partial charge in [-0.3, -0.25) is 18.7 Å². The fourth-order valence-electron chi connectivity index (χ4n) is 2.54. The van der Waals surface area contributed by atoms with Crippen molar-refractivity contribution in [2.24, 2.45) is 7.05 Å². The first-order valence-electron chi connectivity index (χ1n) is 7.56. The molecule has 0 spiro atoms. The Morgan fingerprint density at radius 1 is 1.07 bits per heavy atom. The number of hydrogen-bond acceptors (Lipinski definition) is 4. The Hall–Kier alpha value is -3.30. The van der Waals surface area contributed by atoms with Crippen molar-refractivity contribution < 1.29 is 22.4 Å². The van der Waals surface area contributed by atoms with Crippen LogP contribution in [0.3, 0.4) is 0 Å². The van der Waals surface area contributed by atoms with Crippen molar-refractivity contribution in [3.05, 3.63) is 74.3 Å². The Morgan fingerprint density at radius 3 is 2.30 bits per heavy atom. The van der Waals surface area contributed by atoms with Crippen LogP contribution < -0.4 is 11.2 Å². The summed E-state index contributed by atoms with van der Waals surface area (Å²) in [5, 5.41) is -0.239. The first kappa shape index (κ1) is 18.5. The zero-order valence-electron chi connectivity index (χ0n) is 13.7. The largest absolute Gasteiger partial charge is 0.433 e. The summed E-state index contributed by atoms with van der Waals surface area (Å²) in [6, 6.07) is 6.04. The first-order valence-corrected chi connectivity index (χ1v) is 7.56. The third kappa shape index (κ3) is 3.37. The molecule has 0 amide bonds. The van der Waals surface area contributed by atoms with E-state index in [1.165, 1.54) is 12.1 Å². The summed E-state index contributed by atoms with van der Waals surface area (Å²) in [7, 11) is 1.15. The summed E-state index contributed by atoms with van der Waals surface area (Å²) in [6.45, 7) is -0.645. The van der Waals surface area contributed by atoms with Gasteiger partial charge in [-0.1, -0.05) is 0 Å². The Bertz CT molecular complexity index is 1160. The minimum Gasteiger partial charge on any atom is -0.292 e. The number of halogens is 4. The van der Waals surface area contributed by atoms with E-state index < -0.39 is 46.9 Å². The van der Waals surface area contributed by atoms with Crippen LogP contribution in [-0.4, -0.2) is 19.9 Å². The minimum atomic E-state index is -4.74. The minimum absolute atomic E-state index is 0.0796. The molecule has 6 nitrogen and oxygen atoms in total. The van der Waals surface area contributed by atoms with Gasteiger partial charge in [0.05, 0.1) is 11.9 Å². The highest BCUT2D eigenvalue weighted by Gasteiger charge is 2.33. The predicted octanol–water partition coefficient (Wildman–Crippen LogP) is 2.14. The van der Waals surface area contributed by atoms with Crippen LogP contribution in [0.2, 0.25) is 0 Å². The molecule has 0 bridgehead atoms. The van der Waals surface area contributed by atoms with Gasteiger partial charge in [-0.25, -0.2) is 14.2 Å². The lowest BCUT2D eigenvalue weighted by Crippen LogP contribution is -2.41. The summed E-state index contributed by atoms with van der Waals surface area (Å²) in [4.78, 5) is 40.5. The van der Waals surface area contributed by atoms with Gasteiger partial charge in [0.1, 0.15) is 17.2 Å². The molecule has 0 aliphatic heterocycles. The van der Waals surface area contributed by atoms with Gasteiger partial charge in [0.15, 0.2) is 5.78 Å². The third-order valence-electron chi connectivity index (χ3n) is 3.94. The highest BCUT2D eigenvalue weighted by Crippen LogP contribution is 2.28. The van der Waals surface area contributed by atoms with Gasteiger partial charge < -0.3 is 0 Å². The predicted molar refractivity (Wildman–Crippen MR) is 87.0 cm³/mol. The number of Topliss-reactive ketones (excluding diaryl/α,β-unsaturated/α-hetero) is 1. The number of nitrogens with zero attached hydrogens (tertiary/aromatic N) is 3. The molecular weight excluding hydrogens is 370 g/mol. The molecule has 0 atom stereocenters. The lowest BCUT2D eigenvalue weighted by Gasteiger charge is -2.12. The lowest BCUT2D eigenvalue weighted by molar-refractivity contribution is -0.141. The van der Waals surface area contributed by atoms with Crippen molar-refractivity contribution in [3.8, 4) is 0 Å².